The number of fused-ring (bicyclic) bond motifs is 1. The largest absolute Gasteiger partial charge is 0.506 e. The predicted molar refractivity (Wildman–Crippen MR) is 104 cm³/mol. The number of benzene rings is 1. The van der Waals surface area contributed by atoms with Gasteiger partial charge >= 0.3 is 16.2 Å². The van der Waals surface area contributed by atoms with Crippen LogP contribution in [0.25, 0.3) is 0 Å². The van der Waals surface area contributed by atoms with Crippen molar-refractivity contribution in [3.05, 3.63) is 23.0 Å². The van der Waals surface area contributed by atoms with Crippen LogP contribution in [0.2, 0.25) is 0 Å². The van der Waals surface area contributed by atoms with Gasteiger partial charge < -0.3 is 20.1 Å². The summed E-state index contributed by atoms with van der Waals surface area (Å²) in [7, 11) is -4.28. The zero-order chi connectivity index (χ0) is 21.5. The molecule has 164 valence electrons. The molecule has 3 heterocycles. The third kappa shape index (κ3) is 3.88. The van der Waals surface area contributed by atoms with Crippen LogP contribution in [0.4, 0.5) is 14.9 Å². The van der Waals surface area contributed by atoms with Crippen LogP contribution in [0.15, 0.2) is 6.07 Å². The minimum Gasteiger partial charge on any atom is -0.506 e. The highest BCUT2D eigenvalue weighted by Crippen LogP contribution is 2.39. The van der Waals surface area contributed by atoms with E-state index < -0.39 is 39.9 Å². The molecular weight excluding hydrogens is 419 g/mol. The second kappa shape index (κ2) is 7.91. The Morgan fingerprint density at radius 3 is 2.73 bits per heavy atom. The van der Waals surface area contributed by atoms with Gasteiger partial charge in [0, 0.05) is 31.9 Å². The molecule has 0 unspecified atom stereocenters. The molecule has 0 aliphatic carbocycles. The van der Waals surface area contributed by atoms with Gasteiger partial charge in [-0.25, -0.2) is 18.2 Å². The van der Waals surface area contributed by atoms with E-state index in [9.17, 15) is 23.1 Å². The fourth-order valence-electron chi connectivity index (χ4n) is 3.99. The number of carbonyl (C=O) groups excluding carboxylic acids is 2. The number of ether oxygens (including phenoxy) is 1. The van der Waals surface area contributed by atoms with Gasteiger partial charge in [0.1, 0.15) is 18.0 Å². The molecule has 12 heteroatoms. The van der Waals surface area contributed by atoms with Crippen molar-refractivity contribution >= 4 is 27.8 Å². The minimum absolute atomic E-state index is 0.0662. The molecule has 0 spiro atoms. The molecule has 3 aliphatic rings. The molecule has 10 nitrogen and oxygen atoms in total. The third-order valence-electron chi connectivity index (χ3n) is 5.65. The van der Waals surface area contributed by atoms with Gasteiger partial charge in [0.15, 0.2) is 5.82 Å². The van der Waals surface area contributed by atoms with Crippen molar-refractivity contribution in [3.63, 3.8) is 0 Å². The number of phenolic OH excluding ortho intramolecular Hbond substituents is 1. The molecule has 0 atom stereocenters. The molecule has 0 bridgehead atoms. The number of urea groups is 1. The lowest BCUT2D eigenvalue weighted by atomic mass is 9.97. The SMILES string of the molecule is O=C1CN(c2c(O)cc3c(c2F)CN(C(=O)NCC2CCOCC2)CC3)S(=O)(=O)N1. The lowest BCUT2D eigenvalue weighted by Gasteiger charge is -2.31. The molecule has 30 heavy (non-hydrogen) atoms. The molecular formula is C18H23FN4O6S. The summed E-state index contributed by atoms with van der Waals surface area (Å²) >= 11 is 0. The topological polar surface area (TPSA) is 128 Å². The number of hydrogen-bond acceptors (Lipinski definition) is 6. The van der Waals surface area contributed by atoms with E-state index in [1.807, 2.05) is 0 Å². The number of nitrogens with one attached hydrogen (secondary N) is 2. The van der Waals surface area contributed by atoms with E-state index in [0.717, 1.165) is 12.8 Å². The van der Waals surface area contributed by atoms with E-state index >= 15 is 4.39 Å². The average Bonchev–Trinajstić information content (AvgIpc) is 2.98. The summed E-state index contributed by atoms with van der Waals surface area (Å²) in [5, 5.41) is 13.1. The van der Waals surface area contributed by atoms with E-state index in [1.165, 1.54) is 11.0 Å². The van der Waals surface area contributed by atoms with Gasteiger partial charge in [-0.15, -0.1) is 0 Å². The van der Waals surface area contributed by atoms with Crippen LogP contribution in [0.3, 0.4) is 0 Å². The Bertz CT molecular complexity index is 979. The van der Waals surface area contributed by atoms with Gasteiger partial charge in [-0.3, -0.25) is 4.79 Å². The molecule has 2 saturated heterocycles. The lowest BCUT2D eigenvalue weighted by Crippen LogP contribution is -2.45. The number of amides is 3. The molecule has 0 aromatic heterocycles. The second-order valence-electron chi connectivity index (χ2n) is 7.65. The molecule has 3 amide bonds. The molecule has 0 radical (unpaired) electrons. The summed E-state index contributed by atoms with van der Waals surface area (Å²) in [4.78, 5) is 25.5. The first-order chi connectivity index (χ1) is 14.3. The fraction of sp³-hybridized carbons (Fsp3) is 0.556. The standard InChI is InChI=1S/C18H23FN4O6S/c19-16-13-9-22(18(26)20-8-11-2-5-29-6-3-11)4-1-12(13)7-14(24)17(16)23-10-15(25)21-30(23,27)28/h7,11,24H,1-6,8-10H2,(H,20,26)(H,21,25). The van der Waals surface area contributed by atoms with E-state index in [0.29, 0.717) is 48.5 Å². The maximum atomic E-state index is 15.3. The Labute approximate surface area is 173 Å². The van der Waals surface area contributed by atoms with Gasteiger partial charge in [0.25, 0.3) is 5.91 Å². The van der Waals surface area contributed by atoms with Crippen LogP contribution >= 0.6 is 0 Å². The molecule has 4 rings (SSSR count). The van der Waals surface area contributed by atoms with E-state index in [1.54, 1.807) is 4.72 Å². The van der Waals surface area contributed by atoms with Crippen molar-refractivity contribution in [2.75, 3.05) is 37.2 Å². The van der Waals surface area contributed by atoms with Crippen LogP contribution < -0.4 is 14.3 Å². The minimum atomic E-state index is -4.28. The van der Waals surface area contributed by atoms with Crippen molar-refractivity contribution in [3.8, 4) is 5.75 Å². The number of hydrogen-bond donors (Lipinski definition) is 3. The van der Waals surface area contributed by atoms with E-state index in [-0.39, 0.29) is 18.1 Å². The van der Waals surface area contributed by atoms with E-state index in [2.05, 4.69) is 5.32 Å². The van der Waals surface area contributed by atoms with Crippen LogP contribution in [0, 0.1) is 11.7 Å². The zero-order valence-electron chi connectivity index (χ0n) is 16.2. The molecule has 1 aromatic carbocycles. The summed E-state index contributed by atoms with van der Waals surface area (Å²) in [6.07, 6.45) is 2.06. The normalized spacial score (nSPS) is 21.3. The summed E-state index contributed by atoms with van der Waals surface area (Å²) < 4.78 is 47.0. The van der Waals surface area contributed by atoms with Crippen molar-refractivity contribution in [1.29, 1.82) is 0 Å². The van der Waals surface area contributed by atoms with Crippen molar-refractivity contribution in [2.45, 2.75) is 25.8 Å². The number of aromatic hydroxyl groups is 1. The number of rotatable bonds is 3. The molecule has 1 aromatic rings. The number of carbonyl (C=O) groups is 2. The maximum Gasteiger partial charge on any atom is 0.326 e. The Balaban J connectivity index is 1.53. The van der Waals surface area contributed by atoms with Crippen molar-refractivity contribution in [2.24, 2.45) is 5.92 Å². The first-order valence-electron chi connectivity index (χ1n) is 9.73. The summed E-state index contributed by atoms with van der Waals surface area (Å²) in [5.74, 6) is -2.00. The first kappa shape index (κ1) is 20.7. The van der Waals surface area contributed by atoms with Gasteiger partial charge in [-0.1, -0.05) is 0 Å². The van der Waals surface area contributed by atoms with Gasteiger partial charge in [-0.2, -0.15) is 8.42 Å². The van der Waals surface area contributed by atoms with Crippen LogP contribution in [-0.2, 0) is 32.7 Å². The van der Waals surface area contributed by atoms with Gasteiger partial charge in [-0.05, 0) is 36.8 Å². The Morgan fingerprint density at radius 1 is 1.33 bits per heavy atom. The molecule has 0 saturated carbocycles. The molecule has 2 fully saturated rings. The highest BCUT2D eigenvalue weighted by atomic mass is 32.2. The fourth-order valence-corrected chi connectivity index (χ4v) is 5.15. The molecule has 3 aliphatic heterocycles. The highest BCUT2D eigenvalue weighted by molar-refractivity contribution is 7.92. The number of nitrogens with zero attached hydrogens (tertiary/aromatic N) is 2. The van der Waals surface area contributed by atoms with E-state index in [4.69, 9.17) is 4.74 Å². The lowest BCUT2D eigenvalue weighted by molar-refractivity contribution is -0.117. The number of phenols is 1. The van der Waals surface area contributed by atoms with Crippen molar-refractivity contribution in [1.82, 2.24) is 14.9 Å². The monoisotopic (exact) mass is 442 g/mol. The number of anilines is 1. The second-order valence-corrected chi connectivity index (χ2v) is 9.24. The quantitative estimate of drug-likeness (QED) is 0.614. The van der Waals surface area contributed by atoms with Gasteiger partial charge in [0.05, 0.1) is 6.54 Å². The summed E-state index contributed by atoms with van der Waals surface area (Å²) in [6.45, 7) is 1.50. The Kier molecular flexibility index (Phi) is 5.45. The number of halogens is 1. The molecule has 3 N–H and O–H groups in total. The highest BCUT2D eigenvalue weighted by Gasteiger charge is 2.39. The van der Waals surface area contributed by atoms with Crippen LogP contribution in [0.5, 0.6) is 5.75 Å². The Hall–Kier alpha value is -2.60. The Morgan fingerprint density at radius 2 is 2.07 bits per heavy atom. The smallest absolute Gasteiger partial charge is 0.326 e. The summed E-state index contributed by atoms with van der Waals surface area (Å²) in [5.41, 5.74) is 0.0412. The maximum absolute atomic E-state index is 15.3. The van der Waals surface area contributed by atoms with Crippen LogP contribution in [0.1, 0.15) is 24.0 Å². The van der Waals surface area contributed by atoms with Gasteiger partial charge in [0.2, 0.25) is 0 Å². The average molecular weight is 442 g/mol. The van der Waals surface area contributed by atoms with Crippen LogP contribution in [-0.4, -0.2) is 63.2 Å². The summed E-state index contributed by atoms with van der Waals surface area (Å²) in [6, 6.07) is 0.968. The zero-order valence-corrected chi connectivity index (χ0v) is 17.0. The third-order valence-corrected chi connectivity index (χ3v) is 7.03. The first-order valence-corrected chi connectivity index (χ1v) is 11.2. The predicted octanol–water partition coefficient (Wildman–Crippen LogP) is 0.207. The van der Waals surface area contributed by atoms with Crippen molar-refractivity contribution < 1.29 is 32.2 Å².